The summed E-state index contributed by atoms with van der Waals surface area (Å²) in [7, 11) is 2.12. The third-order valence-corrected chi connectivity index (χ3v) is 6.43. The van der Waals surface area contributed by atoms with Crippen LogP contribution in [-0.4, -0.2) is 18.0 Å². The molecule has 0 saturated heterocycles. The zero-order valence-corrected chi connectivity index (χ0v) is 18.1. The van der Waals surface area contributed by atoms with Crippen molar-refractivity contribution in [1.29, 1.82) is 5.26 Å². The molecule has 0 saturated carbocycles. The number of rotatable bonds is 9. The Morgan fingerprint density at radius 1 is 1.03 bits per heavy atom. The Morgan fingerprint density at radius 2 is 1.69 bits per heavy atom. The van der Waals surface area contributed by atoms with Gasteiger partial charge in [0.25, 0.3) is 0 Å². The summed E-state index contributed by atoms with van der Waals surface area (Å²) in [6.45, 7) is 8.29. The van der Waals surface area contributed by atoms with Gasteiger partial charge in [-0.1, -0.05) is 57.2 Å². The zero-order chi connectivity index (χ0) is 21.6. The molecule has 3 atom stereocenters. The summed E-state index contributed by atoms with van der Waals surface area (Å²) in [5, 5.41) is 10.1. The molecule has 0 N–H and O–H groups in total. The molecule has 0 aromatic heterocycles. The topological polar surface area (TPSA) is 27.0 Å². The van der Waals surface area contributed by atoms with E-state index in [-0.39, 0.29) is 18.0 Å². The van der Waals surface area contributed by atoms with Crippen LogP contribution < -0.4 is 0 Å². The highest BCUT2D eigenvalue weighted by Crippen LogP contribution is 2.38. The van der Waals surface area contributed by atoms with E-state index in [1.807, 2.05) is 32.0 Å². The summed E-state index contributed by atoms with van der Waals surface area (Å²) in [5.41, 5.74) is 0.964. The summed E-state index contributed by atoms with van der Waals surface area (Å²) in [4.78, 5) is 2.35. The molecule has 2 rings (SSSR count). The number of halogens is 2. The lowest BCUT2D eigenvalue weighted by atomic mass is 9.69. The highest BCUT2D eigenvalue weighted by molar-refractivity contribution is 5.34. The van der Waals surface area contributed by atoms with Crippen molar-refractivity contribution < 1.29 is 8.78 Å². The number of nitriles is 1. The Kier molecular flexibility index (Phi) is 7.93. The van der Waals surface area contributed by atoms with Crippen LogP contribution in [0.1, 0.15) is 64.1 Å². The molecule has 4 heteroatoms. The van der Waals surface area contributed by atoms with E-state index in [0.717, 1.165) is 18.9 Å². The van der Waals surface area contributed by atoms with Crippen molar-refractivity contribution in [2.24, 2.45) is 5.92 Å². The Hall–Kier alpha value is -2.25. The minimum Gasteiger partial charge on any atom is -0.297 e. The maximum atomic E-state index is 13.9. The smallest absolute Gasteiger partial charge is 0.159 e. The summed E-state index contributed by atoms with van der Waals surface area (Å²) >= 11 is 0. The van der Waals surface area contributed by atoms with Gasteiger partial charge in [-0.2, -0.15) is 5.26 Å². The van der Waals surface area contributed by atoms with Crippen LogP contribution in [-0.2, 0) is 5.41 Å². The summed E-state index contributed by atoms with van der Waals surface area (Å²) in [6.07, 6.45) is 2.34. The Labute approximate surface area is 174 Å². The van der Waals surface area contributed by atoms with E-state index in [1.54, 1.807) is 6.07 Å². The predicted octanol–water partition coefficient (Wildman–Crippen LogP) is 6.63. The third-order valence-electron chi connectivity index (χ3n) is 6.43. The number of nitrogens with zero attached hydrogens (tertiary/aromatic N) is 2. The molecule has 2 aromatic carbocycles. The van der Waals surface area contributed by atoms with E-state index < -0.39 is 17.0 Å². The van der Waals surface area contributed by atoms with Gasteiger partial charge in [0.2, 0.25) is 0 Å². The third kappa shape index (κ3) is 5.03. The van der Waals surface area contributed by atoms with Crippen molar-refractivity contribution in [2.45, 2.75) is 64.5 Å². The normalized spacial score (nSPS) is 15.7. The van der Waals surface area contributed by atoms with Crippen LogP contribution in [0.3, 0.4) is 0 Å². The lowest BCUT2D eigenvalue weighted by molar-refractivity contribution is 0.158. The van der Waals surface area contributed by atoms with Gasteiger partial charge in [-0.05, 0) is 62.4 Å². The van der Waals surface area contributed by atoms with E-state index in [0.29, 0.717) is 12.0 Å². The number of hydrogen-bond acceptors (Lipinski definition) is 2. The summed E-state index contributed by atoms with van der Waals surface area (Å²) in [6, 6.07) is 17.2. The molecule has 0 amide bonds. The molecule has 0 bridgehead atoms. The summed E-state index contributed by atoms with van der Waals surface area (Å²) < 4.78 is 27.4. The molecule has 3 unspecified atom stereocenters. The molecule has 0 aliphatic rings. The maximum Gasteiger partial charge on any atom is 0.159 e. The number of benzene rings is 2. The minimum atomic E-state index is -0.898. The average molecular weight is 399 g/mol. The first-order valence-corrected chi connectivity index (χ1v) is 10.4. The van der Waals surface area contributed by atoms with Gasteiger partial charge < -0.3 is 0 Å². The second-order valence-corrected chi connectivity index (χ2v) is 8.22. The van der Waals surface area contributed by atoms with Crippen LogP contribution in [0.15, 0.2) is 48.5 Å². The molecular formula is C25H32F2N2. The first kappa shape index (κ1) is 23.0. The lowest BCUT2D eigenvalue weighted by Gasteiger charge is -2.37. The van der Waals surface area contributed by atoms with Crippen molar-refractivity contribution in [1.82, 2.24) is 4.90 Å². The molecule has 0 aliphatic carbocycles. The average Bonchev–Trinajstić information content (AvgIpc) is 2.73. The van der Waals surface area contributed by atoms with Crippen LogP contribution in [0.2, 0.25) is 0 Å². The maximum absolute atomic E-state index is 13.9. The molecule has 0 radical (unpaired) electrons. The van der Waals surface area contributed by atoms with E-state index >= 15 is 0 Å². The monoisotopic (exact) mass is 398 g/mol. The van der Waals surface area contributed by atoms with Crippen molar-refractivity contribution in [2.75, 3.05) is 7.05 Å². The van der Waals surface area contributed by atoms with Crippen molar-refractivity contribution in [3.8, 4) is 6.07 Å². The molecule has 0 fully saturated rings. The molecular weight excluding hydrogens is 366 g/mol. The highest BCUT2D eigenvalue weighted by Gasteiger charge is 2.37. The van der Waals surface area contributed by atoms with Gasteiger partial charge >= 0.3 is 0 Å². The van der Waals surface area contributed by atoms with E-state index in [9.17, 15) is 14.0 Å². The summed E-state index contributed by atoms with van der Waals surface area (Å²) in [5.74, 6) is -1.80. The second-order valence-electron chi connectivity index (χ2n) is 8.22. The van der Waals surface area contributed by atoms with Gasteiger partial charge in [-0.25, -0.2) is 8.78 Å². The van der Waals surface area contributed by atoms with E-state index in [4.69, 9.17) is 0 Å². The molecule has 29 heavy (non-hydrogen) atoms. The predicted molar refractivity (Wildman–Crippen MR) is 114 cm³/mol. The van der Waals surface area contributed by atoms with Crippen LogP contribution in [0.5, 0.6) is 0 Å². The molecule has 156 valence electrons. The van der Waals surface area contributed by atoms with E-state index in [1.165, 1.54) is 11.6 Å². The Bertz CT molecular complexity index is 828. The largest absolute Gasteiger partial charge is 0.297 e. The van der Waals surface area contributed by atoms with E-state index in [2.05, 4.69) is 44.0 Å². The SMILES string of the molecule is CCC(CCC(C#N)(c1ccc(F)c(F)c1)C(C)C)N(C)C(C)c1ccccc1. The fourth-order valence-electron chi connectivity index (χ4n) is 4.16. The zero-order valence-electron chi connectivity index (χ0n) is 18.1. The quantitative estimate of drug-likeness (QED) is 0.474. The first-order valence-electron chi connectivity index (χ1n) is 10.4. The lowest BCUT2D eigenvalue weighted by Crippen LogP contribution is -2.37. The van der Waals surface area contributed by atoms with Gasteiger partial charge in [0.1, 0.15) is 0 Å². The van der Waals surface area contributed by atoms with Crippen molar-refractivity contribution >= 4 is 0 Å². The highest BCUT2D eigenvalue weighted by atomic mass is 19.2. The van der Waals surface area contributed by atoms with Gasteiger partial charge in [0.15, 0.2) is 11.6 Å². The first-order chi connectivity index (χ1) is 13.8. The van der Waals surface area contributed by atoms with Gasteiger partial charge in [0.05, 0.1) is 11.5 Å². The fraction of sp³-hybridized carbons (Fsp3) is 0.480. The molecule has 2 nitrogen and oxygen atoms in total. The molecule has 2 aromatic rings. The standard InChI is InChI=1S/C25H32F2N2/c1-6-22(29(5)19(4)20-10-8-7-9-11-20)14-15-25(17-28,18(2)3)21-12-13-23(26)24(27)16-21/h7-13,16,18-19,22H,6,14-15H2,1-5H3. The molecule has 0 heterocycles. The Balaban J connectivity index is 2.24. The van der Waals surface area contributed by atoms with Crippen molar-refractivity contribution in [3.63, 3.8) is 0 Å². The minimum absolute atomic E-state index is 0.0216. The van der Waals surface area contributed by atoms with Gasteiger partial charge in [-0.3, -0.25) is 4.90 Å². The van der Waals surface area contributed by atoms with Crippen LogP contribution in [0.4, 0.5) is 8.78 Å². The van der Waals surface area contributed by atoms with Gasteiger partial charge in [-0.15, -0.1) is 0 Å². The van der Waals surface area contributed by atoms with Gasteiger partial charge in [0, 0.05) is 12.1 Å². The van der Waals surface area contributed by atoms with Crippen LogP contribution in [0.25, 0.3) is 0 Å². The fourth-order valence-corrected chi connectivity index (χ4v) is 4.16. The van der Waals surface area contributed by atoms with Crippen LogP contribution >= 0.6 is 0 Å². The number of hydrogen-bond donors (Lipinski definition) is 0. The Morgan fingerprint density at radius 3 is 2.21 bits per heavy atom. The molecule has 0 aliphatic heterocycles. The second kappa shape index (κ2) is 9.98. The van der Waals surface area contributed by atoms with Crippen molar-refractivity contribution in [3.05, 3.63) is 71.3 Å². The van der Waals surface area contributed by atoms with Crippen LogP contribution in [0, 0.1) is 28.9 Å². The molecule has 0 spiro atoms.